The Labute approximate surface area is 159 Å². The number of benzene rings is 2. The Morgan fingerprint density at radius 1 is 1.07 bits per heavy atom. The summed E-state index contributed by atoms with van der Waals surface area (Å²) in [5.41, 5.74) is 1.67. The number of piperidine rings is 1. The van der Waals surface area contributed by atoms with Crippen LogP contribution < -0.4 is 4.74 Å². The molecule has 27 heavy (non-hydrogen) atoms. The van der Waals surface area contributed by atoms with E-state index in [1.54, 1.807) is 0 Å². The summed E-state index contributed by atoms with van der Waals surface area (Å²) in [7, 11) is 0. The molecule has 1 aliphatic rings. The Hall–Kier alpha value is -2.82. The summed E-state index contributed by atoms with van der Waals surface area (Å²) in [5.74, 6) is 0.341. The summed E-state index contributed by atoms with van der Waals surface area (Å²) in [6, 6.07) is 17.1. The smallest absolute Gasteiger partial charge is 0.303 e. The number of aliphatic carboxylic acids is 1. The molecule has 1 fully saturated rings. The largest absolute Gasteiger partial charge is 0.489 e. The van der Waals surface area contributed by atoms with Crippen LogP contribution in [0.4, 0.5) is 0 Å². The van der Waals surface area contributed by atoms with Crippen molar-refractivity contribution in [2.75, 3.05) is 13.1 Å². The van der Waals surface area contributed by atoms with E-state index in [0.29, 0.717) is 25.1 Å². The van der Waals surface area contributed by atoms with Crippen LogP contribution in [0, 0.1) is 5.92 Å². The molecule has 2 aromatic carbocycles. The summed E-state index contributed by atoms with van der Waals surface area (Å²) >= 11 is 0. The number of para-hydroxylation sites is 1. The van der Waals surface area contributed by atoms with E-state index >= 15 is 0 Å². The van der Waals surface area contributed by atoms with Gasteiger partial charge in [0.05, 0.1) is 0 Å². The average Bonchev–Trinajstić information content (AvgIpc) is 2.71. The van der Waals surface area contributed by atoms with Gasteiger partial charge in [0.15, 0.2) is 0 Å². The lowest BCUT2D eigenvalue weighted by Crippen LogP contribution is -2.40. The van der Waals surface area contributed by atoms with E-state index in [1.165, 1.54) is 0 Å². The minimum Gasteiger partial charge on any atom is -0.489 e. The van der Waals surface area contributed by atoms with E-state index in [-0.39, 0.29) is 18.2 Å². The quantitative estimate of drug-likeness (QED) is 0.804. The minimum absolute atomic E-state index is 0.0190. The molecule has 0 saturated carbocycles. The molecule has 1 aliphatic heterocycles. The van der Waals surface area contributed by atoms with Gasteiger partial charge < -0.3 is 14.7 Å². The predicted molar refractivity (Wildman–Crippen MR) is 103 cm³/mol. The molecule has 3 rings (SSSR count). The summed E-state index contributed by atoms with van der Waals surface area (Å²) in [5, 5.41) is 8.85. The molecule has 1 unspecified atom stereocenters. The lowest BCUT2D eigenvalue weighted by atomic mass is 9.93. The van der Waals surface area contributed by atoms with E-state index in [4.69, 9.17) is 9.84 Å². The van der Waals surface area contributed by atoms with Gasteiger partial charge in [0.1, 0.15) is 12.4 Å². The first-order chi connectivity index (χ1) is 13.1. The zero-order chi connectivity index (χ0) is 19.1. The van der Waals surface area contributed by atoms with Crippen molar-refractivity contribution in [3.05, 3.63) is 65.7 Å². The molecule has 1 atom stereocenters. The van der Waals surface area contributed by atoms with E-state index in [0.717, 1.165) is 30.7 Å². The van der Waals surface area contributed by atoms with Gasteiger partial charge in [-0.15, -0.1) is 0 Å². The lowest BCUT2D eigenvalue weighted by molar-refractivity contribution is -0.137. The highest BCUT2D eigenvalue weighted by Gasteiger charge is 2.24. The molecule has 0 aromatic heterocycles. The number of carboxylic acid groups (broad SMARTS) is 1. The second kappa shape index (κ2) is 9.21. The van der Waals surface area contributed by atoms with Crippen molar-refractivity contribution in [3.8, 4) is 5.75 Å². The van der Waals surface area contributed by atoms with Gasteiger partial charge in [0, 0.05) is 25.1 Å². The highest BCUT2D eigenvalue weighted by molar-refractivity contribution is 5.94. The van der Waals surface area contributed by atoms with Gasteiger partial charge in [-0.3, -0.25) is 9.59 Å². The number of nitrogens with zero attached hydrogens (tertiary/aromatic N) is 1. The standard InChI is InChI=1S/C22H25NO4/c24-21(25)13-10-17-5-4-14-23(15-17)22(26)19-11-8-18(9-12-19)16-27-20-6-2-1-3-7-20/h1-3,6-9,11-12,17H,4-5,10,13-16H2,(H,24,25). The second-order valence-corrected chi connectivity index (χ2v) is 6.99. The Morgan fingerprint density at radius 2 is 1.81 bits per heavy atom. The summed E-state index contributed by atoms with van der Waals surface area (Å²) in [6.45, 7) is 1.84. The van der Waals surface area contributed by atoms with Crippen molar-refractivity contribution in [2.45, 2.75) is 32.3 Å². The number of carbonyl (C=O) groups excluding carboxylic acids is 1. The summed E-state index contributed by atoms with van der Waals surface area (Å²) < 4.78 is 5.73. The molecular weight excluding hydrogens is 342 g/mol. The van der Waals surface area contributed by atoms with E-state index in [1.807, 2.05) is 59.5 Å². The number of ether oxygens (including phenoxy) is 1. The molecule has 0 aliphatic carbocycles. The van der Waals surface area contributed by atoms with Gasteiger partial charge >= 0.3 is 5.97 Å². The highest BCUT2D eigenvalue weighted by Crippen LogP contribution is 2.23. The van der Waals surface area contributed by atoms with Crippen LogP contribution in [-0.2, 0) is 11.4 Å². The first-order valence-electron chi connectivity index (χ1n) is 9.39. The van der Waals surface area contributed by atoms with Crippen LogP contribution in [0.3, 0.4) is 0 Å². The van der Waals surface area contributed by atoms with E-state index < -0.39 is 5.97 Å². The molecule has 0 radical (unpaired) electrons. The predicted octanol–water partition coefficient (Wildman–Crippen LogP) is 3.98. The van der Waals surface area contributed by atoms with Crippen LogP contribution in [-0.4, -0.2) is 35.0 Å². The van der Waals surface area contributed by atoms with Gasteiger partial charge in [-0.1, -0.05) is 30.3 Å². The van der Waals surface area contributed by atoms with Crippen LogP contribution >= 0.6 is 0 Å². The molecule has 1 saturated heterocycles. The van der Waals surface area contributed by atoms with Crippen molar-refractivity contribution in [3.63, 3.8) is 0 Å². The topological polar surface area (TPSA) is 66.8 Å². The van der Waals surface area contributed by atoms with Crippen LogP contribution in [0.15, 0.2) is 54.6 Å². The first-order valence-corrected chi connectivity index (χ1v) is 9.39. The van der Waals surface area contributed by atoms with Crippen molar-refractivity contribution in [1.82, 2.24) is 4.90 Å². The van der Waals surface area contributed by atoms with Crippen molar-refractivity contribution in [2.24, 2.45) is 5.92 Å². The monoisotopic (exact) mass is 367 g/mol. The van der Waals surface area contributed by atoms with Crippen LogP contribution in [0.2, 0.25) is 0 Å². The molecule has 1 amide bonds. The fourth-order valence-corrected chi connectivity index (χ4v) is 3.42. The third kappa shape index (κ3) is 5.58. The van der Waals surface area contributed by atoms with Gasteiger partial charge in [0.2, 0.25) is 0 Å². The zero-order valence-electron chi connectivity index (χ0n) is 15.3. The van der Waals surface area contributed by atoms with Crippen molar-refractivity contribution in [1.29, 1.82) is 0 Å². The first kappa shape index (κ1) is 19.0. The molecule has 1 N–H and O–H groups in total. The van der Waals surface area contributed by atoms with E-state index in [2.05, 4.69) is 0 Å². The Bertz CT molecular complexity index is 758. The molecule has 0 spiro atoms. The molecular formula is C22H25NO4. The maximum atomic E-state index is 12.8. The van der Waals surface area contributed by atoms with Gasteiger partial charge in [0.25, 0.3) is 5.91 Å². The lowest BCUT2D eigenvalue weighted by Gasteiger charge is -2.32. The van der Waals surface area contributed by atoms with Gasteiger partial charge in [-0.05, 0) is 55.0 Å². The van der Waals surface area contributed by atoms with E-state index in [9.17, 15) is 9.59 Å². The zero-order valence-corrected chi connectivity index (χ0v) is 15.3. The third-order valence-electron chi connectivity index (χ3n) is 4.92. The number of carbonyl (C=O) groups is 2. The summed E-state index contributed by atoms with van der Waals surface area (Å²) in [6.07, 6.45) is 2.73. The van der Waals surface area contributed by atoms with Crippen molar-refractivity contribution >= 4 is 11.9 Å². The Morgan fingerprint density at radius 3 is 2.52 bits per heavy atom. The number of likely N-dealkylation sites (tertiary alicyclic amines) is 1. The molecule has 142 valence electrons. The number of hydrogen-bond donors (Lipinski definition) is 1. The van der Waals surface area contributed by atoms with Crippen molar-refractivity contribution < 1.29 is 19.4 Å². The molecule has 5 heteroatoms. The minimum atomic E-state index is -0.772. The Balaban J connectivity index is 1.54. The fraction of sp³-hybridized carbons (Fsp3) is 0.364. The normalized spacial score (nSPS) is 16.7. The molecule has 2 aromatic rings. The van der Waals surface area contributed by atoms with Gasteiger partial charge in [-0.25, -0.2) is 0 Å². The number of amides is 1. The maximum absolute atomic E-state index is 12.8. The Kier molecular flexibility index (Phi) is 6.47. The second-order valence-electron chi connectivity index (χ2n) is 6.99. The summed E-state index contributed by atoms with van der Waals surface area (Å²) in [4.78, 5) is 25.4. The average molecular weight is 367 g/mol. The molecule has 0 bridgehead atoms. The van der Waals surface area contributed by atoms with Gasteiger partial charge in [-0.2, -0.15) is 0 Å². The van der Waals surface area contributed by atoms with Crippen LogP contribution in [0.5, 0.6) is 5.75 Å². The number of hydrogen-bond acceptors (Lipinski definition) is 3. The third-order valence-corrected chi connectivity index (χ3v) is 4.92. The van der Waals surface area contributed by atoms with Crippen LogP contribution in [0.25, 0.3) is 0 Å². The molecule has 5 nitrogen and oxygen atoms in total. The number of rotatable bonds is 7. The number of carboxylic acids is 1. The highest BCUT2D eigenvalue weighted by atomic mass is 16.5. The molecule has 1 heterocycles. The maximum Gasteiger partial charge on any atom is 0.303 e. The van der Waals surface area contributed by atoms with Crippen LogP contribution in [0.1, 0.15) is 41.6 Å². The SMILES string of the molecule is O=C(O)CCC1CCCN(C(=O)c2ccc(COc3ccccc3)cc2)C1. The fourth-order valence-electron chi connectivity index (χ4n) is 3.42.